The molecule has 3 rings (SSSR count). The Morgan fingerprint density at radius 1 is 1.08 bits per heavy atom. The second kappa shape index (κ2) is 6.31. The van der Waals surface area contributed by atoms with Crippen molar-refractivity contribution in [2.24, 2.45) is 11.1 Å². The van der Waals surface area contributed by atoms with E-state index in [-0.39, 0.29) is 24.0 Å². The maximum Gasteiger partial charge on any atom is 0.182 e. The highest BCUT2D eigenvalue weighted by Crippen LogP contribution is 2.63. The molecule has 1 aliphatic carbocycles. The molecular weight excluding hydrogens is 322 g/mol. The van der Waals surface area contributed by atoms with Gasteiger partial charge in [-0.3, -0.25) is 0 Å². The summed E-state index contributed by atoms with van der Waals surface area (Å²) >= 11 is 0. The quantitative estimate of drug-likeness (QED) is 0.840. The molecule has 0 aromatic heterocycles. The molecule has 4 nitrogen and oxygen atoms in total. The van der Waals surface area contributed by atoms with Crippen molar-refractivity contribution in [1.29, 1.82) is 0 Å². The van der Waals surface area contributed by atoms with Gasteiger partial charge in [-0.15, -0.1) is 0 Å². The Bertz CT molecular complexity index is 796. The van der Waals surface area contributed by atoms with E-state index in [1.165, 1.54) is 5.56 Å². The zero-order chi connectivity index (χ0) is 17.4. The average molecular weight is 345 g/mol. The van der Waals surface area contributed by atoms with Crippen LogP contribution in [-0.4, -0.2) is 31.9 Å². The summed E-state index contributed by atoms with van der Waals surface area (Å²) in [6.45, 7) is 1.98. The number of rotatable bonds is 6. The van der Waals surface area contributed by atoms with E-state index in [1.807, 2.05) is 24.3 Å². The lowest BCUT2D eigenvalue weighted by Gasteiger charge is -2.12. The molecule has 2 aromatic rings. The molecule has 0 heterocycles. The van der Waals surface area contributed by atoms with Crippen LogP contribution in [0.1, 0.15) is 24.0 Å². The molecule has 2 aromatic carbocycles. The molecule has 5 heteroatoms. The van der Waals surface area contributed by atoms with Crippen molar-refractivity contribution in [3.05, 3.63) is 65.7 Å². The minimum absolute atomic E-state index is 0.139. The third kappa shape index (κ3) is 2.57. The lowest BCUT2D eigenvalue weighted by Crippen LogP contribution is -2.27. The number of benzene rings is 2. The van der Waals surface area contributed by atoms with Gasteiger partial charge in [0.2, 0.25) is 0 Å². The van der Waals surface area contributed by atoms with E-state index in [2.05, 4.69) is 6.92 Å². The van der Waals surface area contributed by atoms with Gasteiger partial charge in [-0.25, -0.2) is 8.42 Å². The van der Waals surface area contributed by atoms with Crippen LogP contribution in [0, 0.1) is 5.41 Å². The van der Waals surface area contributed by atoms with Crippen molar-refractivity contribution in [2.45, 2.75) is 29.4 Å². The number of nitrogens with two attached hydrogens (primary N) is 1. The Hall–Kier alpha value is -1.69. The van der Waals surface area contributed by atoms with Crippen LogP contribution in [-0.2, 0) is 16.3 Å². The summed E-state index contributed by atoms with van der Waals surface area (Å²) in [5.74, 6) is -0.274. The molecule has 0 bridgehead atoms. The summed E-state index contributed by atoms with van der Waals surface area (Å²) in [5.41, 5.74) is 7.23. The SMILES string of the molecule is CCc1ccc([C@@H]2[C@H](S(=O)(=O)c3ccccc3)[C@@]2(CN)CO)cc1. The molecular formula is C19H23NO3S. The van der Waals surface area contributed by atoms with Crippen LogP contribution < -0.4 is 5.73 Å². The molecule has 0 unspecified atom stereocenters. The van der Waals surface area contributed by atoms with Gasteiger partial charge in [-0.1, -0.05) is 49.4 Å². The summed E-state index contributed by atoms with van der Waals surface area (Å²) in [4.78, 5) is 0.286. The molecule has 0 radical (unpaired) electrons. The van der Waals surface area contributed by atoms with E-state index >= 15 is 0 Å². The van der Waals surface area contributed by atoms with Crippen LogP contribution in [0.5, 0.6) is 0 Å². The monoisotopic (exact) mass is 345 g/mol. The van der Waals surface area contributed by atoms with Crippen molar-refractivity contribution in [3.8, 4) is 0 Å². The lowest BCUT2D eigenvalue weighted by molar-refractivity contribution is 0.212. The standard InChI is InChI=1S/C19H23NO3S/c1-2-14-8-10-15(11-9-14)17-18(19(17,12-20)13-21)24(22,23)16-6-4-3-5-7-16/h3-11,17-18,21H,2,12-13,20H2,1H3/t17-,18+,19+/m1/s1. The second-order valence-corrected chi connectivity index (χ2v) is 8.52. The Morgan fingerprint density at radius 2 is 1.71 bits per heavy atom. The van der Waals surface area contributed by atoms with Crippen LogP contribution in [0.4, 0.5) is 0 Å². The van der Waals surface area contributed by atoms with Gasteiger partial charge < -0.3 is 10.8 Å². The van der Waals surface area contributed by atoms with E-state index in [0.717, 1.165) is 12.0 Å². The van der Waals surface area contributed by atoms with Crippen molar-refractivity contribution < 1.29 is 13.5 Å². The van der Waals surface area contributed by atoms with Crippen molar-refractivity contribution in [1.82, 2.24) is 0 Å². The van der Waals surface area contributed by atoms with E-state index < -0.39 is 20.5 Å². The predicted molar refractivity (Wildman–Crippen MR) is 94.6 cm³/mol. The summed E-state index contributed by atoms with van der Waals surface area (Å²) in [7, 11) is -3.55. The summed E-state index contributed by atoms with van der Waals surface area (Å²) in [6.07, 6.45) is 0.929. The Kier molecular flexibility index (Phi) is 4.51. The fraction of sp³-hybridized carbons (Fsp3) is 0.368. The van der Waals surface area contributed by atoms with E-state index in [4.69, 9.17) is 5.73 Å². The van der Waals surface area contributed by atoms with E-state index in [9.17, 15) is 13.5 Å². The van der Waals surface area contributed by atoms with Crippen molar-refractivity contribution >= 4 is 9.84 Å². The number of aliphatic hydroxyl groups excluding tert-OH is 1. The fourth-order valence-electron chi connectivity index (χ4n) is 3.66. The lowest BCUT2D eigenvalue weighted by atomic mass is 9.99. The third-order valence-corrected chi connectivity index (χ3v) is 7.55. The summed E-state index contributed by atoms with van der Waals surface area (Å²) < 4.78 is 26.1. The Morgan fingerprint density at radius 3 is 2.21 bits per heavy atom. The highest BCUT2D eigenvalue weighted by atomic mass is 32.2. The molecule has 1 saturated carbocycles. The van der Waals surface area contributed by atoms with Crippen LogP contribution in [0.25, 0.3) is 0 Å². The van der Waals surface area contributed by atoms with Gasteiger partial charge in [0.05, 0.1) is 16.8 Å². The number of sulfone groups is 1. The highest BCUT2D eigenvalue weighted by Gasteiger charge is 2.70. The smallest absolute Gasteiger partial charge is 0.182 e. The first kappa shape index (κ1) is 17.1. The largest absolute Gasteiger partial charge is 0.396 e. The maximum absolute atomic E-state index is 13.1. The van der Waals surface area contributed by atoms with Crippen LogP contribution >= 0.6 is 0 Å². The number of aryl methyl sites for hydroxylation is 1. The van der Waals surface area contributed by atoms with Crippen molar-refractivity contribution in [2.75, 3.05) is 13.2 Å². The molecule has 1 aliphatic rings. The van der Waals surface area contributed by atoms with Crippen LogP contribution in [0.2, 0.25) is 0 Å². The molecule has 0 saturated heterocycles. The minimum atomic E-state index is -3.55. The molecule has 0 amide bonds. The first-order valence-corrected chi connectivity index (χ1v) is 9.74. The second-order valence-electron chi connectivity index (χ2n) is 6.45. The zero-order valence-corrected chi connectivity index (χ0v) is 14.5. The van der Waals surface area contributed by atoms with Gasteiger partial charge in [0, 0.05) is 17.9 Å². The fourth-order valence-corrected chi connectivity index (χ4v) is 6.13. The average Bonchev–Trinajstić information content (AvgIpc) is 3.33. The van der Waals surface area contributed by atoms with Gasteiger partial charge in [0.25, 0.3) is 0 Å². The normalized spacial score (nSPS) is 26.3. The van der Waals surface area contributed by atoms with E-state index in [1.54, 1.807) is 30.3 Å². The van der Waals surface area contributed by atoms with Gasteiger partial charge in [0.15, 0.2) is 9.84 Å². The topological polar surface area (TPSA) is 80.4 Å². The molecule has 3 N–H and O–H groups in total. The van der Waals surface area contributed by atoms with Crippen LogP contribution in [0.15, 0.2) is 59.5 Å². The summed E-state index contributed by atoms with van der Waals surface area (Å²) in [6, 6.07) is 16.4. The van der Waals surface area contributed by atoms with Gasteiger partial charge in [-0.2, -0.15) is 0 Å². The molecule has 0 spiro atoms. The Balaban J connectivity index is 2.02. The molecule has 24 heavy (non-hydrogen) atoms. The molecule has 1 fully saturated rings. The highest BCUT2D eigenvalue weighted by molar-refractivity contribution is 7.92. The first-order valence-electron chi connectivity index (χ1n) is 8.20. The van der Waals surface area contributed by atoms with Crippen molar-refractivity contribution in [3.63, 3.8) is 0 Å². The molecule has 128 valence electrons. The maximum atomic E-state index is 13.1. The zero-order valence-electron chi connectivity index (χ0n) is 13.7. The van der Waals surface area contributed by atoms with E-state index in [0.29, 0.717) is 0 Å². The Labute approximate surface area is 143 Å². The predicted octanol–water partition coefficient (Wildman–Crippen LogP) is 2.13. The molecule has 3 atom stereocenters. The van der Waals surface area contributed by atoms with Gasteiger partial charge in [-0.05, 0) is 29.7 Å². The number of aliphatic hydroxyl groups is 1. The minimum Gasteiger partial charge on any atom is -0.396 e. The van der Waals surface area contributed by atoms with Gasteiger partial charge in [0.1, 0.15) is 0 Å². The van der Waals surface area contributed by atoms with Gasteiger partial charge >= 0.3 is 0 Å². The first-order chi connectivity index (χ1) is 11.5. The number of hydrogen-bond donors (Lipinski definition) is 2. The molecule has 0 aliphatic heterocycles. The van der Waals surface area contributed by atoms with Crippen LogP contribution in [0.3, 0.4) is 0 Å². The number of hydrogen-bond acceptors (Lipinski definition) is 4. The summed E-state index contributed by atoms with van der Waals surface area (Å²) in [5, 5.41) is 9.24. The third-order valence-electron chi connectivity index (χ3n) is 5.21.